The van der Waals surface area contributed by atoms with Gasteiger partial charge < -0.3 is 20.6 Å². The average Bonchev–Trinajstić information content (AvgIpc) is 3.44. The van der Waals surface area contributed by atoms with Gasteiger partial charge in [0.2, 0.25) is 11.9 Å². The van der Waals surface area contributed by atoms with Crippen molar-refractivity contribution in [1.82, 2.24) is 34.8 Å². The van der Waals surface area contributed by atoms with Crippen LogP contribution in [0.25, 0.3) is 11.0 Å². The van der Waals surface area contributed by atoms with Crippen molar-refractivity contribution in [3.63, 3.8) is 0 Å². The van der Waals surface area contributed by atoms with E-state index in [0.29, 0.717) is 36.4 Å². The highest BCUT2D eigenvalue weighted by atomic mass is 19.1. The van der Waals surface area contributed by atoms with Gasteiger partial charge in [0.05, 0.1) is 55.4 Å². The first-order chi connectivity index (χ1) is 16.5. The molecule has 0 saturated carbocycles. The molecule has 0 spiro atoms. The average molecular weight is 469 g/mol. The Labute approximate surface area is 192 Å². The van der Waals surface area contributed by atoms with Crippen LogP contribution in [0.5, 0.6) is 0 Å². The number of anilines is 3. The second-order valence-electron chi connectivity index (χ2n) is 7.70. The Morgan fingerprint density at radius 3 is 2.88 bits per heavy atom. The summed E-state index contributed by atoms with van der Waals surface area (Å²) in [4.78, 5) is 22.2. The van der Waals surface area contributed by atoms with Crippen molar-refractivity contribution in [1.29, 1.82) is 0 Å². The van der Waals surface area contributed by atoms with Gasteiger partial charge in [0.25, 0.3) is 0 Å². The second kappa shape index (κ2) is 9.11. The van der Waals surface area contributed by atoms with Crippen LogP contribution < -0.4 is 15.5 Å². The van der Waals surface area contributed by atoms with Gasteiger partial charge in [0.1, 0.15) is 5.82 Å². The maximum atomic E-state index is 15.3. The van der Waals surface area contributed by atoms with Gasteiger partial charge in [-0.05, 0) is 12.1 Å². The van der Waals surface area contributed by atoms with E-state index in [4.69, 9.17) is 5.11 Å². The number of nitrogens with zero attached hydrogens (tertiary/aromatic N) is 7. The van der Waals surface area contributed by atoms with Crippen molar-refractivity contribution in [2.24, 2.45) is 0 Å². The number of aromatic nitrogens is 6. The fraction of sp³-hybridized carbons (Fsp3) is 0.286. The Hall–Kier alpha value is -3.97. The predicted octanol–water partition coefficient (Wildman–Crippen LogP) is 1.02. The third-order valence-electron chi connectivity index (χ3n) is 5.45. The maximum absolute atomic E-state index is 15.3. The van der Waals surface area contributed by atoms with Gasteiger partial charge in [-0.3, -0.25) is 9.48 Å². The van der Waals surface area contributed by atoms with Crippen molar-refractivity contribution < 1.29 is 18.7 Å². The van der Waals surface area contributed by atoms with E-state index in [9.17, 15) is 9.18 Å². The topological polar surface area (TPSA) is 126 Å². The number of nitrogens with one attached hydrogen (secondary N) is 2. The van der Waals surface area contributed by atoms with Crippen LogP contribution in [0.2, 0.25) is 0 Å². The fourth-order valence-corrected chi connectivity index (χ4v) is 3.77. The van der Waals surface area contributed by atoms with Crippen molar-refractivity contribution >= 4 is 34.3 Å². The molecule has 1 saturated heterocycles. The van der Waals surface area contributed by atoms with Gasteiger partial charge in [0, 0.05) is 31.0 Å². The number of benzene rings is 1. The van der Waals surface area contributed by atoms with Gasteiger partial charge in [-0.1, -0.05) is 0 Å². The molecule has 0 aliphatic carbocycles. The van der Waals surface area contributed by atoms with Crippen molar-refractivity contribution in [2.75, 3.05) is 36.5 Å². The smallest absolute Gasteiger partial charge is 0.241 e. The van der Waals surface area contributed by atoms with Crippen molar-refractivity contribution in [3.05, 3.63) is 54.1 Å². The quantitative estimate of drug-likeness (QED) is 0.366. The largest absolute Gasteiger partial charge is 0.394 e. The number of rotatable bonds is 7. The molecule has 34 heavy (non-hydrogen) atoms. The van der Waals surface area contributed by atoms with Crippen LogP contribution in [0.3, 0.4) is 0 Å². The van der Waals surface area contributed by atoms with Gasteiger partial charge in [0.15, 0.2) is 11.5 Å². The summed E-state index contributed by atoms with van der Waals surface area (Å²) in [5, 5.41) is 23.9. The van der Waals surface area contributed by atoms with Crippen LogP contribution in [0.1, 0.15) is 5.56 Å². The van der Waals surface area contributed by atoms with Crippen LogP contribution >= 0.6 is 0 Å². The third-order valence-corrected chi connectivity index (χ3v) is 5.45. The van der Waals surface area contributed by atoms with E-state index in [0.717, 1.165) is 6.07 Å². The van der Waals surface area contributed by atoms with Crippen molar-refractivity contribution in [2.45, 2.75) is 13.1 Å². The second-order valence-corrected chi connectivity index (χ2v) is 7.70. The molecule has 0 unspecified atom stereocenters. The number of aliphatic hydroxyl groups is 1. The lowest BCUT2D eigenvalue weighted by Gasteiger charge is -2.28. The Morgan fingerprint density at radius 2 is 2.06 bits per heavy atom. The summed E-state index contributed by atoms with van der Waals surface area (Å²) in [6, 6.07) is 2.43. The minimum atomic E-state index is -0.803. The number of carbonyl (C=O) groups is 1. The Bertz CT molecular complexity index is 1350. The summed E-state index contributed by atoms with van der Waals surface area (Å²) >= 11 is 0. The molecule has 5 rings (SSSR count). The van der Waals surface area contributed by atoms with Crippen LogP contribution in [-0.4, -0.2) is 66.8 Å². The summed E-state index contributed by atoms with van der Waals surface area (Å²) in [7, 11) is 0. The number of aliphatic hydroxyl groups excluding tert-OH is 1. The minimum Gasteiger partial charge on any atom is -0.394 e. The zero-order valence-electron chi connectivity index (χ0n) is 17.9. The van der Waals surface area contributed by atoms with E-state index in [1.807, 2.05) is 0 Å². The number of carbonyl (C=O) groups excluding carboxylic acids is 1. The molecule has 1 aromatic carbocycles. The molecular formula is C21H21F2N9O2. The van der Waals surface area contributed by atoms with Crippen LogP contribution in [0.4, 0.5) is 26.1 Å². The van der Waals surface area contributed by atoms with Gasteiger partial charge >= 0.3 is 0 Å². The first-order valence-corrected chi connectivity index (χ1v) is 10.6. The number of fused-ring (bicyclic) bond motifs is 1. The monoisotopic (exact) mass is 469 g/mol. The van der Waals surface area contributed by atoms with Crippen LogP contribution in [0, 0.1) is 11.6 Å². The molecule has 0 bridgehead atoms. The number of hydrogen-bond donors (Lipinski definition) is 3. The molecule has 4 aromatic rings. The molecule has 4 heterocycles. The van der Waals surface area contributed by atoms with Crippen molar-refractivity contribution in [3.8, 4) is 0 Å². The number of halogens is 2. The fourth-order valence-electron chi connectivity index (χ4n) is 3.77. The molecule has 0 atom stereocenters. The van der Waals surface area contributed by atoms with E-state index < -0.39 is 11.6 Å². The summed E-state index contributed by atoms with van der Waals surface area (Å²) in [6.45, 7) is 1.00. The highest BCUT2D eigenvalue weighted by Crippen LogP contribution is 2.27. The lowest BCUT2D eigenvalue weighted by molar-refractivity contribution is -0.118. The molecule has 11 nitrogen and oxygen atoms in total. The minimum absolute atomic E-state index is 0.0382. The molecular weight excluding hydrogens is 448 g/mol. The highest BCUT2D eigenvalue weighted by Gasteiger charge is 2.25. The standard InChI is InChI=1S/C21H21F2N9O2/c22-16-1-2-17(31-4-3-24-10-18(31)34)19(23)15(16)12-32-20-13(8-27-32)7-25-21(29-20)28-14-9-26-30(11-14)5-6-33/h1-2,7-9,11,24,33H,3-6,10,12H2,(H,25,28,29). The number of hydrogen-bond acceptors (Lipinski definition) is 8. The molecule has 3 N–H and O–H groups in total. The van der Waals surface area contributed by atoms with Crippen LogP contribution in [0.15, 0.2) is 36.9 Å². The molecule has 1 fully saturated rings. The first kappa shape index (κ1) is 21.9. The lowest BCUT2D eigenvalue weighted by Crippen LogP contribution is -2.48. The predicted molar refractivity (Wildman–Crippen MR) is 119 cm³/mol. The zero-order valence-corrected chi connectivity index (χ0v) is 17.9. The van der Waals surface area contributed by atoms with E-state index in [2.05, 4.69) is 30.8 Å². The number of amides is 1. The SMILES string of the molecule is O=C1CNCCN1c1ccc(F)c(Cn2ncc3cnc(Nc4cnn(CCO)c4)nc32)c1F. The molecule has 1 aliphatic rings. The summed E-state index contributed by atoms with van der Waals surface area (Å²) in [5.41, 5.74) is 0.815. The molecule has 0 radical (unpaired) electrons. The number of piperazine rings is 1. The van der Waals surface area contributed by atoms with Gasteiger partial charge in [-0.15, -0.1) is 0 Å². The van der Waals surface area contributed by atoms with Gasteiger partial charge in [-0.2, -0.15) is 15.2 Å². The van der Waals surface area contributed by atoms with E-state index in [-0.39, 0.29) is 42.8 Å². The summed E-state index contributed by atoms with van der Waals surface area (Å²) in [6.07, 6.45) is 6.32. The molecule has 176 valence electrons. The maximum Gasteiger partial charge on any atom is 0.241 e. The zero-order chi connectivity index (χ0) is 23.7. The van der Waals surface area contributed by atoms with E-state index in [1.165, 1.54) is 21.8 Å². The normalized spacial score (nSPS) is 14.2. The third kappa shape index (κ3) is 4.18. The molecule has 1 amide bonds. The van der Waals surface area contributed by atoms with Gasteiger partial charge in [-0.25, -0.2) is 18.4 Å². The summed E-state index contributed by atoms with van der Waals surface area (Å²) < 4.78 is 32.9. The Balaban J connectivity index is 1.44. The molecule has 3 aromatic heterocycles. The summed E-state index contributed by atoms with van der Waals surface area (Å²) in [5.74, 6) is -1.57. The van der Waals surface area contributed by atoms with E-state index >= 15 is 4.39 Å². The van der Waals surface area contributed by atoms with Crippen LogP contribution in [-0.2, 0) is 17.9 Å². The highest BCUT2D eigenvalue weighted by molar-refractivity contribution is 5.95. The van der Waals surface area contributed by atoms with E-state index in [1.54, 1.807) is 23.3 Å². The Kier molecular flexibility index (Phi) is 5.86. The lowest BCUT2D eigenvalue weighted by atomic mass is 10.1. The first-order valence-electron chi connectivity index (χ1n) is 10.6. The molecule has 1 aliphatic heterocycles. The molecule has 13 heteroatoms. The Morgan fingerprint density at radius 1 is 1.18 bits per heavy atom.